The highest BCUT2D eigenvalue weighted by Crippen LogP contribution is 2.63. The molecule has 2 bridgehead atoms. The lowest BCUT2D eigenvalue weighted by Gasteiger charge is -2.43. The van der Waals surface area contributed by atoms with Gasteiger partial charge in [-0.3, -0.25) is 14.3 Å². The van der Waals surface area contributed by atoms with E-state index >= 15 is 0 Å². The van der Waals surface area contributed by atoms with Gasteiger partial charge in [-0.05, 0) is 91.3 Å². The van der Waals surface area contributed by atoms with Crippen LogP contribution in [-0.4, -0.2) is 15.3 Å². The van der Waals surface area contributed by atoms with Gasteiger partial charge in [0.25, 0.3) is 11.5 Å². The summed E-state index contributed by atoms with van der Waals surface area (Å²) in [5.74, 6) is 2.14. The lowest BCUT2D eigenvalue weighted by atomic mass is 9.68. The van der Waals surface area contributed by atoms with Gasteiger partial charge in [0.1, 0.15) is 5.69 Å². The first-order valence-electron chi connectivity index (χ1n) is 13.6. The van der Waals surface area contributed by atoms with Crippen LogP contribution in [0, 0.1) is 24.7 Å². The molecule has 6 heteroatoms. The topological polar surface area (TPSA) is 68.1 Å². The van der Waals surface area contributed by atoms with Crippen LogP contribution >= 0.6 is 0 Å². The van der Waals surface area contributed by atoms with Crippen LogP contribution in [-0.2, 0) is 7.05 Å². The van der Waals surface area contributed by atoms with Gasteiger partial charge in [0.05, 0.1) is 17.4 Å². The summed E-state index contributed by atoms with van der Waals surface area (Å²) in [6.45, 7) is 1.86. The van der Waals surface area contributed by atoms with E-state index in [1.165, 1.54) is 30.4 Å². The Bertz CT molecular complexity index is 1590. The second kappa shape index (κ2) is 8.76. The molecule has 192 valence electrons. The molecule has 38 heavy (non-hydrogen) atoms. The highest BCUT2D eigenvalue weighted by molar-refractivity contribution is 6.05. The maximum atomic E-state index is 13.5. The number of carbonyl (C=O) groups excluding carboxylic acids is 1. The molecule has 3 aliphatic rings. The lowest BCUT2D eigenvalue weighted by molar-refractivity contribution is 0.102. The molecule has 2 heterocycles. The van der Waals surface area contributed by atoms with Crippen LogP contribution in [0.15, 0.2) is 83.7 Å². The third-order valence-corrected chi connectivity index (χ3v) is 9.30. The second-order valence-electron chi connectivity index (χ2n) is 11.2. The van der Waals surface area contributed by atoms with Crippen LogP contribution in [0.2, 0.25) is 0 Å². The zero-order valence-corrected chi connectivity index (χ0v) is 21.7. The van der Waals surface area contributed by atoms with Crippen molar-refractivity contribution in [2.45, 2.75) is 38.1 Å². The maximum Gasteiger partial charge on any atom is 0.295 e. The number of benzene rings is 3. The molecule has 7 rings (SSSR count). The summed E-state index contributed by atoms with van der Waals surface area (Å²) in [5.41, 5.74) is 5.89. The van der Waals surface area contributed by atoms with Crippen LogP contribution in [0.5, 0.6) is 0 Å². The van der Waals surface area contributed by atoms with Gasteiger partial charge in [0.15, 0.2) is 0 Å². The van der Waals surface area contributed by atoms with Crippen LogP contribution in [0.25, 0.3) is 5.69 Å². The number of para-hydroxylation sites is 1. The molecule has 5 atom stereocenters. The fraction of sp³-hybridized carbons (Fsp3) is 0.312. The molecule has 0 saturated heterocycles. The molecule has 1 amide bonds. The van der Waals surface area contributed by atoms with Gasteiger partial charge < -0.3 is 10.6 Å². The molecule has 6 nitrogen and oxygen atoms in total. The Hall–Kier alpha value is -4.06. The Labute approximate surface area is 222 Å². The molecule has 0 spiro atoms. The van der Waals surface area contributed by atoms with E-state index in [9.17, 15) is 9.59 Å². The summed E-state index contributed by atoms with van der Waals surface area (Å²) in [4.78, 5) is 26.8. The molecular formula is C32H32N4O2. The second-order valence-corrected chi connectivity index (χ2v) is 11.2. The van der Waals surface area contributed by atoms with Crippen molar-refractivity contribution in [2.75, 3.05) is 10.6 Å². The van der Waals surface area contributed by atoms with Gasteiger partial charge in [-0.25, -0.2) is 4.68 Å². The van der Waals surface area contributed by atoms with Crippen LogP contribution in [0.1, 0.15) is 58.4 Å². The molecule has 0 unspecified atom stereocenters. The highest BCUT2D eigenvalue weighted by Gasteiger charge is 2.53. The largest absolute Gasteiger partial charge is 0.378 e. The summed E-state index contributed by atoms with van der Waals surface area (Å²) in [5, 5.41) is 6.79. The number of hydrogen-bond donors (Lipinski definition) is 2. The maximum absolute atomic E-state index is 13.5. The Morgan fingerprint density at radius 2 is 1.66 bits per heavy atom. The number of aromatic nitrogens is 2. The molecule has 2 N–H and O–H groups in total. The van der Waals surface area contributed by atoms with Crippen molar-refractivity contribution in [3.8, 4) is 5.69 Å². The average Bonchev–Trinajstić information content (AvgIpc) is 3.63. The summed E-state index contributed by atoms with van der Waals surface area (Å²) in [6, 6.07) is 26.6. The first kappa shape index (κ1) is 23.1. The van der Waals surface area contributed by atoms with Crippen LogP contribution in [0.3, 0.4) is 0 Å². The summed E-state index contributed by atoms with van der Waals surface area (Å²) in [7, 11) is 1.84. The normalized spacial score (nSPS) is 24.9. The van der Waals surface area contributed by atoms with Gasteiger partial charge in [0.2, 0.25) is 0 Å². The fourth-order valence-corrected chi connectivity index (χ4v) is 7.52. The summed E-state index contributed by atoms with van der Waals surface area (Å²) in [6.07, 6.45) is 3.84. The standard InChI is InChI=1S/C32H32N4O2/c1-19-29(32(38)36(35(19)2)24-11-7-4-8-12-24)34-31(37)23-15-16-26-25(18-23)27-21-13-14-22(17-21)28(27)30(33-26)20-9-5-3-6-10-20/h3-12,15-16,18,21-22,27-28,30,33H,13-14,17H2,1-2H3,(H,34,37)/t21-,22-,27-,28-,30+/m0/s1. The van der Waals surface area contributed by atoms with E-state index in [1.54, 1.807) is 9.36 Å². The Balaban J connectivity index is 1.22. The Morgan fingerprint density at radius 3 is 2.42 bits per heavy atom. The van der Waals surface area contributed by atoms with Gasteiger partial charge >= 0.3 is 0 Å². The minimum atomic E-state index is -0.247. The smallest absolute Gasteiger partial charge is 0.295 e. The van der Waals surface area contributed by atoms with Crippen LogP contribution in [0.4, 0.5) is 11.4 Å². The number of nitrogens with zero attached hydrogens (tertiary/aromatic N) is 2. The average molecular weight is 505 g/mol. The Morgan fingerprint density at radius 1 is 0.947 bits per heavy atom. The third-order valence-electron chi connectivity index (χ3n) is 9.30. The summed E-state index contributed by atoms with van der Waals surface area (Å²) >= 11 is 0. The lowest BCUT2D eigenvalue weighted by Crippen LogP contribution is -2.35. The zero-order valence-electron chi connectivity index (χ0n) is 21.7. The molecule has 2 saturated carbocycles. The first-order valence-corrected chi connectivity index (χ1v) is 13.6. The summed E-state index contributed by atoms with van der Waals surface area (Å²) < 4.78 is 3.37. The van der Waals surface area contributed by atoms with E-state index in [2.05, 4.69) is 53.1 Å². The van der Waals surface area contributed by atoms with E-state index in [0.29, 0.717) is 40.7 Å². The predicted molar refractivity (Wildman–Crippen MR) is 150 cm³/mol. The van der Waals surface area contributed by atoms with Crippen molar-refractivity contribution in [2.24, 2.45) is 24.8 Å². The Kier molecular flexibility index (Phi) is 5.32. The molecule has 1 aliphatic heterocycles. The van der Waals surface area contributed by atoms with E-state index in [-0.39, 0.29) is 11.5 Å². The van der Waals surface area contributed by atoms with Gasteiger partial charge in [-0.2, -0.15) is 0 Å². The molecule has 2 aliphatic carbocycles. The van der Waals surface area contributed by atoms with Crippen molar-refractivity contribution >= 4 is 17.3 Å². The van der Waals surface area contributed by atoms with Crippen molar-refractivity contribution < 1.29 is 4.79 Å². The van der Waals surface area contributed by atoms with Crippen molar-refractivity contribution in [3.63, 3.8) is 0 Å². The number of amides is 1. The molecule has 3 aromatic carbocycles. The van der Waals surface area contributed by atoms with Crippen molar-refractivity contribution in [3.05, 3.63) is 112 Å². The first-order chi connectivity index (χ1) is 18.5. The van der Waals surface area contributed by atoms with E-state index in [0.717, 1.165) is 17.3 Å². The van der Waals surface area contributed by atoms with Crippen LogP contribution < -0.4 is 16.2 Å². The number of hydrogen-bond acceptors (Lipinski definition) is 3. The monoisotopic (exact) mass is 504 g/mol. The van der Waals surface area contributed by atoms with Crippen molar-refractivity contribution in [1.29, 1.82) is 0 Å². The quantitative estimate of drug-likeness (QED) is 0.356. The zero-order chi connectivity index (χ0) is 26.0. The van der Waals surface area contributed by atoms with E-state index < -0.39 is 0 Å². The number of carbonyl (C=O) groups is 1. The number of rotatable bonds is 4. The highest BCUT2D eigenvalue weighted by atomic mass is 16.2. The number of fused-ring (bicyclic) bond motifs is 7. The molecule has 1 aromatic heterocycles. The molecule has 4 aromatic rings. The van der Waals surface area contributed by atoms with Gasteiger partial charge in [-0.15, -0.1) is 0 Å². The SMILES string of the molecule is Cc1c(NC(=O)c2ccc3c(c2)[C@@H]2[C@H]4CC[C@@H](C4)[C@@H]2[C@@H](c2ccccc2)N3)c(=O)n(-c2ccccc2)n1C. The third kappa shape index (κ3) is 3.46. The molecule has 0 radical (unpaired) electrons. The predicted octanol–water partition coefficient (Wildman–Crippen LogP) is 6.03. The number of anilines is 2. The molecular weight excluding hydrogens is 472 g/mol. The minimum absolute atomic E-state index is 0.233. The molecule has 2 fully saturated rings. The van der Waals surface area contributed by atoms with E-state index in [4.69, 9.17) is 0 Å². The van der Waals surface area contributed by atoms with Crippen molar-refractivity contribution in [1.82, 2.24) is 9.36 Å². The van der Waals surface area contributed by atoms with Gasteiger partial charge in [0, 0.05) is 18.3 Å². The minimum Gasteiger partial charge on any atom is -0.378 e. The van der Waals surface area contributed by atoms with E-state index in [1.807, 2.05) is 50.4 Å². The number of nitrogens with one attached hydrogen (secondary N) is 2. The fourth-order valence-electron chi connectivity index (χ4n) is 7.52. The van der Waals surface area contributed by atoms with Gasteiger partial charge in [-0.1, -0.05) is 48.5 Å².